The molecule has 2 rings (SSSR count). The Balaban J connectivity index is 2.41. The van der Waals surface area contributed by atoms with Crippen LogP contribution in [0, 0.1) is 11.3 Å². The Labute approximate surface area is 70.6 Å². The van der Waals surface area contributed by atoms with Crippen LogP contribution in [0.3, 0.4) is 0 Å². The molecule has 0 saturated carbocycles. The van der Waals surface area contributed by atoms with E-state index in [1.165, 1.54) is 0 Å². The molecule has 0 radical (unpaired) electrons. The maximum atomic E-state index is 8.63. The number of nitrogens with two attached hydrogens (primary N) is 1. The summed E-state index contributed by atoms with van der Waals surface area (Å²) in [5, 5.41) is 12.8. The van der Waals surface area contributed by atoms with Crippen LogP contribution in [0.25, 0.3) is 0 Å². The molecule has 0 amide bonds. The lowest BCUT2D eigenvalue weighted by Crippen LogP contribution is -2.08. The molecule has 0 spiro atoms. The van der Waals surface area contributed by atoms with E-state index in [-0.39, 0.29) is 0 Å². The van der Waals surface area contributed by atoms with Gasteiger partial charge in [0.2, 0.25) is 0 Å². The Bertz CT molecular complexity index is 333. The predicted octanol–water partition coefficient (Wildman–Crippen LogP) is 0.353. The van der Waals surface area contributed by atoms with Gasteiger partial charge in [0, 0.05) is 17.8 Å². The van der Waals surface area contributed by atoms with Crippen molar-refractivity contribution in [1.29, 1.82) is 5.26 Å². The van der Waals surface area contributed by atoms with Crippen LogP contribution in [0.4, 0.5) is 0 Å². The predicted molar refractivity (Wildman–Crippen MR) is 43.1 cm³/mol. The Morgan fingerprint density at radius 1 is 1.75 bits per heavy atom. The fraction of sp³-hybridized carbons (Fsp3) is 0.500. The van der Waals surface area contributed by atoms with Crippen molar-refractivity contribution in [3.05, 3.63) is 17.5 Å². The molecule has 1 unspecified atom stereocenters. The summed E-state index contributed by atoms with van der Waals surface area (Å²) in [6.07, 6.45) is 3.83. The number of aryl methyl sites for hydroxylation is 1. The van der Waals surface area contributed by atoms with Gasteiger partial charge in [0.15, 0.2) is 0 Å². The van der Waals surface area contributed by atoms with Gasteiger partial charge in [-0.2, -0.15) is 10.4 Å². The number of rotatable bonds is 1. The molecule has 0 saturated heterocycles. The van der Waals surface area contributed by atoms with Crippen molar-refractivity contribution in [2.75, 3.05) is 0 Å². The highest BCUT2D eigenvalue weighted by atomic mass is 15.3. The van der Waals surface area contributed by atoms with Crippen LogP contribution in [-0.2, 0) is 13.0 Å². The average molecular weight is 162 g/mol. The minimum Gasteiger partial charge on any atom is -0.312 e. The van der Waals surface area contributed by atoms with Crippen LogP contribution < -0.4 is 5.73 Å². The monoisotopic (exact) mass is 162 g/mol. The molecule has 62 valence electrons. The second-order valence-corrected chi connectivity index (χ2v) is 2.98. The minimum absolute atomic E-state index is 0.508. The van der Waals surface area contributed by atoms with Gasteiger partial charge in [-0.15, -0.1) is 0 Å². The summed E-state index contributed by atoms with van der Waals surface area (Å²) in [7, 11) is 0. The summed E-state index contributed by atoms with van der Waals surface area (Å²) in [6, 6.07) is 1.51. The molecule has 4 nitrogen and oxygen atoms in total. The third-order valence-corrected chi connectivity index (χ3v) is 2.24. The summed E-state index contributed by atoms with van der Waals surface area (Å²) in [4.78, 5) is 0. The van der Waals surface area contributed by atoms with Crippen molar-refractivity contribution < 1.29 is 0 Å². The lowest BCUT2D eigenvalue weighted by molar-refractivity contribution is 0.656. The lowest BCUT2D eigenvalue weighted by atomic mass is 10.1. The van der Waals surface area contributed by atoms with E-state index < -0.39 is 6.04 Å². The van der Waals surface area contributed by atoms with Gasteiger partial charge in [-0.25, -0.2) is 0 Å². The van der Waals surface area contributed by atoms with Gasteiger partial charge >= 0.3 is 0 Å². The maximum absolute atomic E-state index is 8.63. The van der Waals surface area contributed by atoms with Gasteiger partial charge in [-0.05, 0) is 12.8 Å². The van der Waals surface area contributed by atoms with Crippen LogP contribution >= 0.6 is 0 Å². The number of nitrogens with zero attached hydrogens (tertiary/aromatic N) is 3. The summed E-state index contributed by atoms with van der Waals surface area (Å²) < 4.78 is 1.94. The Hall–Kier alpha value is -1.34. The molecule has 0 aromatic carbocycles. The third-order valence-electron chi connectivity index (χ3n) is 2.24. The number of fused-ring (bicyclic) bond motifs is 1. The van der Waals surface area contributed by atoms with E-state index in [0.29, 0.717) is 0 Å². The quantitative estimate of drug-likeness (QED) is 0.648. The first-order valence-electron chi connectivity index (χ1n) is 4.02. The van der Waals surface area contributed by atoms with Gasteiger partial charge in [0.1, 0.15) is 6.04 Å². The molecule has 0 bridgehead atoms. The first kappa shape index (κ1) is 7.32. The molecule has 1 aromatic heterocycles. The molecule has 4 heteroatoms. The van der Waals surface area contributed by atoms with Gasteiger partial charge < -0.3 is 5.73 Å². The summed E-state index contributed by atoms with van der Waals surface area (Å²) in [5.74, 6) is 0. The zero-order chi connectivity index (χ0) is 8.55. The summed E-state index contributed by atoms with van der Waals surface area (Å²) in [5.41, 5.74) is 7.64. The lowest BCUT2D eigenvalue weighted by Gasteiger charge is -2.00. The molecule has 1 atom stereocenters. The molecular formula is C8H10N4. The smallest absolute Gasteiger partial charge is 0.122 e. The SMILES string of the molecule is N#CC(N)c1cnn2c1CCC2. The maximum Gasteiger partial charge on any atom is 0.122 e. The van der Waals surface area contributed by atoms with E-state index in [1.54, 1.807) is 6.20 Å². The summed E-state index contributed by atoms with van der Waals surface area (Å²) in [6.45, 7) is 0.966. The first-order valence-corrected chi connectivity index (χ1v) is 4.02. The largest absolute Gasteiger partial charge is 0.312 e. The van der Waals surface area contributed by atoms with Crippen molar-refractivity contribution >= 4 is 0 Å². The molecule has 1 aliphatic heterocycles. The fourth-order valence-electron chi connectivity index (χ4n) is 1.62. The van der Waals surface area contributed by atoms with Gasteiger partial charge in [0.05, 0.1) is 12.3 Å². The van der Waals surface area contributed by atoms with Crippen LogP contribution in [0.1, 0.15) is 23.7 Å². The van der Waals surface area contributed by atoms with Crippen molar-refractivity contribution in [2.24, 2.45) is 5.73 Å². The van der Waals surface area contributed by atoms with Crippen LogP contribution in [-0.4, -0.2) is 9.78 Å². The number of aromatic nitrogens is 2. The Morgan fingerprint density at radius 3 is 3.33 bits per heavy atom. The molecule has 0 fully saturated rings. The van der Waals surface area contributed by atoms with E-state index in [2.05, 4.69) is 5.10 Å². The van der Waals surface area contributed by atoms with Crippen LogP contribution in [0.2, 0.25) is 0 Å². The number of nitriles is 1. The highest BCUT2D eigenvalue weighted by Gasteiger charge is 2.19. The van der Waals surface area contributed by atoms with Crippen LogP contribution in [0.15, 0.2) is 6.20 Å². The van der Waals surface area contributed by atoms with E-state index in [0.717, 1.165) is 30.6 Å². The second kappa shape index (κ2) is 2.61. The van der Waals surface area contributed by atoms with E-state index in [4.69, 9.17) is 11.0 Å². The van der Waals surface area contributed by atoms with Crippen molar-refractivity contribution in [1.82, 2.24) is 9.78 Å². The topological polar surface area (TPSA) is 67.6 Å². The van der Waals surface area contributed by atoms with Crippen LogP contribution in [0.5, 0.6) is 0 Å². The Morgan fingerprint density at radius 2 is 2.58 bits per heavy atom. The standard InChI is InChI=1S/C8H10N4/c9-4-7(10)6-5-11-12-3-1-2-8(6)12/h5,7H,1-3,10H2. The highest BCUT2D eigenvalue weighted by Crippen LogP contribution is 2.21. The van der Waals surface area contributed by atoms with E-state index in [9.17, 15) is 0 Å². The summed E-state index contributed by atoms with van der Waals surface area (Å²) >= 11 is 0. The third kappa shape index (κ3) is 0.908. The fourth-order valence-corrected chi connectivity index (χ4v) is 1.62. The molecule has 2 N–H and O–H groups in total. The number of hydrogen-bond donors (Lipinski definition) is 1. The zero-order valence-electron chi connectivity index (χ0n) is 6.70. The molecule has 1 aliphatic rings. The van der Waals surface area contributed by atoms with Gasteiger partial charge in [-0.1, -0.05) is 0 Å². The molecular weight excluding hydrogens is 152 g/mol. The molecule has 0 aliphatic carbocycles. The first-order chi connectivity index (χ1) is 5.83. The highest BCUT2D eigenvalue weighted by molar-refractivity contribution is 5.27. The van der Waals surface area contributed by atoms with Crippen molar-refractivity contribution in [3.8, 4) is 6.07 Å². The van der Waals surface area contributed by atoms with E-state index >= 15 is 0 Å². The van der Waals surface area contributed by atoms with E-state index in [1.807, 2.05) is 10.8 Å². The van der Waals surface area contributed by atoms with Crippen molar-refractivity contribution in [2.45, 2.75) is 25.4 Å². The van der Waals surface area contributed by atoms with Crippen molar-refractivity contribution in [3.63, 3.8) is 0 Å². The Kier molecular flexibility index (Phi) is 1.59. The van der Waals surface area contributed by atoms with Gasteiger partial charge in [-0.3, -0.25) is 4.68 Å². The normalized spacial score (nSPS) is 17.0. The average Bonchev–Trinajstić information content (AvgIpc) is 2.62. The zero-order valence-corrected chi connectivity index (χ0v) is 6.70. The molecule has 1 aromatic rings. The minimum atomic E-state index is -0.508. The molecule has 12 heavy (non-hydrogen) atoms. The molecule has 2 heterocycles. The van der Waals surface area contributed by atoms with Gasteiger partial charge in [0.25, 0.3) is 0 Å². The number of hydrogen-bond acceptors (Lipinski definition) is 3. The second-order valence-electron chi connectivity index (χ2n) is 2.98.